The van der Waals surface area contributed by atoms with Crippen LogP contribution in [0.2, 0.25) is 10.0 Å². The first-order valence-electron chi connectivity index (χ1n) is 13.2. The zero-order chi connectivity index (χ0) is 28.0. The maximum Gasteiger partial charge on any atom is 0.251 e. The number of halogens is 2. The first kappa shape index (κ1) is 29.3. The van der Waals surface area contributed by atoms with Crippen LogP contribution in [0.1, 0.15) is 59.8 Å². The van der Waals surface area contributed by atoms with Crippen molar-refractivity contribution in [3.63, 3.8) is 0 Å². The van der Waals surface area contributed by atoms with Crippen LogP contribution in [0, 0.1) is 5.92 Å². The number of carbonyl (C=O) groups is 1. The molecular formula is C31H34Cl2N2O3S. The van der Waals surface area contributed by atoms with Crippen LogP contribution in [-0.4, -0.2) is 38.9 Å². The van der Waals surface area contributed by atoms with Gasteiger partial charge in [0.1, 0.15) is 0 Å². The number of sulfone groups is 1. The minimum atomic E-state index is -3.52. The Kier molecular flexibility index (Phi) is 9.89. The van der Waals surface area contributed by atoms with Gasteiger partial charge in [0.05, 0.1) is 11.8 Å². The van der Waals surface area contributed by atoms with Crippen molar-refractivity contribution in [3.8, 4) is 0 Å². The summed E-state index contributed by atoms with van der Waals surface area (Å²) in [5, 5.41) is 5.69. The largest absolute Gasteiger partial charge is 0.352 e. The second-order valence-corrected chi connectivity index (χ2v) is 12.8. The molecule has 1 N–H and O–H groups in total. The second kappa shape index (κ2) is 13.1. The summed E-state index contributed by atoms with van der Waals surface area (Å²) in [5.41, 5.74) is 4.07. The van der Waals surface area contributed by atoms with Gasteiger partial charge in [-0.1, -0.05) is 86.3 Å². The number of carbonyl (C=O) groups excluding carboxylic acids is 1. The lowest BCUT2D eigenvalue weighted by molar-refractivity contribution is 0.0946. The van der Waals surface area contributed by atoms with E-state index in [4.69, 9.17) is 23.2 Å². The van der Waals surface area contributed by atoms with E-state index in [0.717, 1.165) is 29.5 Å². The fraction of sp³-hybridized carbons (Fsp3) is 0.323. The quantitative estimate of drug-likeness (QED) is 0.262. The minimum absolute atomic E-state index is 0.0467. The van der Waals surface area contributed by atoms with E-state index in [-0.39, 0.29) is 17.7 Å². The molecule has 1 saturated heterocycles. The molecule has 1 heterocycles. The highest BCUT2D eigenvalue weighted by atomic mass is 35.5. The number of rotatable bonds is 11. The Labute approximate surface area is 241 Å². The van der Waals surface area contributed by atoms with Crippen LogP contribution in [0.5, 0.6) is 0 Å². The van der Waals surface area contributed by atoms with Crippen LogP contribution in [-0.2, 0) is 15.6 Å². The third-order valence-corrected chi connectivity index (χ3v) is 9.09. The molecule has 0 unspecified atom stereocenters. The van der Waals surface area contributed by atoms with Crippen molar-refractivity contribution in [2.75, 3.05) is 19.6 Å². The van der Waals surface area contributed by atoms with E-state index in [1.807, 2.05) is 48.5 Å². The first-order valence-corrected chi connectivity index (χ1v) is 15.7. The molecule has 0 atom stereocenters. The van der Waals surface area contributed by atoms with Gasteiger partial charge in [-0.3, -0.25) is 9.69 Å². The van der Waals surface area contributed by atoms with Crippen molar-refractivity contribution in [1.82, 2.24) is 10.2 Å². The van der Waals surface area contributed by atoms with Crippen molar-refractivity contribution in [2.24, 2.45) is 5.92 Å². The number of amides is 1. The molecule has 1 amide bonds. The average Bonchev–Trinajstić information content (AvgIpc) is 2.89. The van der Waals surface area contributed by atoms with Gasteiger partial charge < -0.3 is 5.32 Å². The highest BCUT2D eigenvalue weighted by Gasteiger charge is 2.31. The normalized spacial score (nSPS) is 13.9. The van der Waals surface area contributed by atoms with E-state index in [1.54, 1.807) is 24.3 Å². The van der Waals surface area contributed by atoms with Crippen LogP contribution in [0.15, 0.2) is 83.8 Å². The standard InChI is InChI=1S/C31H34Cl2N2O3S/c1-3-22(4-2)17-34-31(36)27-7-5-6-23(16-27)20-39(37,38)21-24-18-35(19-24)30(25-8-12-28(32)13-9-25)26-10-14-29(33)15-11-26/h5-16,21-22,30H,3-4,17-20H2,1-2H3,(H,34,36). The third kappa shape index (κ3) is 7.95. The zero-order valence-corrected chi connectivity index (χ0v) is 24.6. The molecule has 3 aromatic rings. The Balaban J connectivity index is 1.43. The van der Waals surface area contributed by atoms with E-state index in [1.165, 1.54) is 5.41 Å². The van der Waals surface area contributed by atoms with Crippen molar-refractivity contribution >= 4 is 38.9 Å². The molecule has 4 rings (SSSR count). The predicted octanol–water partition coefficient (Wildman–Crippen LogP) is 7.06. The molecule has 0 spiro atoms. The molecule has 0 aromatic heterocycles. The number of nitrogens with one attached hydrogen (secondary N) is 1. The molecule has 1 fully saturated rings. The lowest BCUT2D eigenvalue weighted by Gasteiger charge is -2.41. The van der Waals surface area contributed by atoms with Crippen LogP contribution in [0.25, 0.3) is 0 Å². The summed E-state index contributed by atoms with van der Waals surface area (Å²) in [4.78, 5) is 14.8. The number of hydrogen-bond acceptors (Lipinski definition) is 4. The monoisotopic (exact) mass is 584 g/mol. The molecule has 1 aliphatic rings. The van der Waals surface area contributed by atoms with Crippen molar-refractivity contribution in [3.05, 3.63) is 116 Å². The van der Waals surface area contributed by atoms with Gasteiger partial charge in [0, 0.05) is 40.7 Å². The lowest BCUT2D eigenvalue weighted by atomic mass is 9.93. The van der Waals surface area contributed by atoms with Crippen LogP contribution >= 0.6 is 23.2 Å². The Morgan fingerprint density at radius 3 is 2.03 bits per heavy atom. The van der Waals surface area contributed by atoms with Gasteiger partial charge >= 0.3 is 0 Å². The first-order chi connectivity index (χ1) is 18.7. The molecule has 0 aliphatic carbocycles. The lowest BCUT2D eigenvalue weighted by Crippen LogP contribution is -2.43. The van der Waals surface area contributed by atoms with Gasteiger partial charge in [0.2, 0.25) is 0 Å². The molecule has 8 heteroatoms. The summed E-state index contributed by atoms with van der Waals surface area (Å²) in [7, 11) is -3.52. The molecule has 0 radical (unpaired) electrons. The Hall–Kier alpha value is -2.64. The smallest absolute Gasteiger partial charge is 0.251 e. The highest BCUT2D eigenvalue weighted by molar-refractivity contribution is 7.93. The molecule has 5 nitrogen and oxygen atoms in total. The Morgan fingerprint density at radius 1 is 0.923 bits per heavy atom. The van der Waals surface area contributed by atoms with E-state index < -0.39 is 9.84 Å². The summed E-state index contributed by atoms with van der Waals surface area (Å²) >= 11 is 12.2. The number of benzene rings is 3. The summed E-state index contributed by atoms with van der Waals surface area (Å²) < 4.78 is 26.1. The summed E-state index contributed by atoms with van der Waals surface area (Å²) in [5.74, 6) is 0.108. The minimum Gasteiger partial charge on any atom is -0.352 e. The van der Waals surface area contributed by atoms with Gasteiger partial charge in [-0.05, 0) is 64.6 Å². The fourth-order valence-corrected chi connectivity index (χ4v) is 6.52. The highest BCUT2D eigenvalue weighted by Crippen LogP contribution is 2.35. The van der Waals surface area contributed by atoms with Gasteiger partial charge in [0.25, 0.3) is 5.91 Å². The molecule has 39 heavy (non-hydrogen) atoms. The average molecular weight is 586 g/mol. The van der Waals surface area contributed by atoms with Crippen molar-refractivity contribution in [2.45, 2.75) is 38.5 Å². The Bertz CT molecular complexity index is 1360. The summed E-state index contributed by atoms with van der Waals surface area (Å²) in [6.07, 6.45) is 2.00. The van der Waals surface area contributed by atoms with Crippen LogP contribution in [0.3, 0.4) is 0 Å². The van der Waals surface area contributed by atoms with Crippen molar-refractivity contribution < 1.29 is 13.2 Å². The van der Waals surface area contributed by atoms with Crippen molar-refractivity contribution in [1.29, 1.82) is 0 Å². The maximum absolute atomic E-state index is 13.0. The van der Waals surface area contributed by atoms with Crippen LogP contribution in [0.4, 0.5) is 0 Å². The molecular weight excluding hydrogens is 551 g/mol. The molecule has 0 bridgehead atoms. The van der Waals surface area contributed by atoms with Gasteiger partial charge in [0.15, 0.2) is 9.84 Å². The number of likely N-dealkylation sites (tertiary alicyclic amines) is 1. The van der Waals surface area contributed by atoms with E-state index in [2.05, 4.69) is 24.1 Å². The molecule has 1 aliphatic heterocycles. The summed E-state index contributed by atoms with van der Waals surface area (Å²) in [6.45, 7) is 5.90. The maximum atomic E-state index is 13.0. The fourth-order valence-electron chi connectivity index (χ4n) is 4.88. The van der Waals surface area contributed by atoms with Gasteiger partial charge in [-0.25, -0.2) is 8.42 Å². The topological polar surface area (TPSA) is 66.5 Å². The van der Waals surface area contributed by atoms with Crippen LogP contribution < -0.4 is 5.32 Å². The van der Waals surface area contributed by atoms with E-state index >= 15 is 0 Å². The predicted molar refractivity (Wildman–Crippen MR) is 160 cm³/mol. The molecule has 206 valence electrons. The van der Waals surface area contributed by atoms with Gasteiger partial charge in [-0.15, -0.1) is 0 Å². The van der Waals surface area contributed by atoms with Gasteiger partial charge in [-0.2, -0.15) is 0 Å². The van der Waals surface area contributed by atoms with E-state index in [9.17, 15) is 13.2 Å². The summed E-state index contributed by atoms with van der Waals surface area (Å²) in [6, 6.07) is 22.2. The zero-order valence-electron chi connectivity index (χ0n) is 22.2. The number of hydrogen-bond donors (Lipinski definition) is 1. The SMILES string of the molecule is CCC(CC)CNC(=O)c1cccc(CS(=O)(=O)C=C2CN(C(c3ccc(Cl)cc3)c3ccc(Cl)cc3)C2)c1. The second-order valence-electron chi connectivity index (χ2n) is 10.1. The third-order valence-electron chi connectivity index (χ3n) is 7.16. The molecule has 3 aromatic carbocycles. The van der Waals surface area contributed by atoms with E-state index in [0.29, 0.717) is 46.7 Å². The Morgan fingerprint density at radius 2 is 1.49 bits per heavy atom. The molecule has 0 saturated carbocycles. The number of nitrogens with zero attached hydrogens (tertiary/aromatic N) is 1.